The molecule has 2 aromatic carbocycles. The van der Waals surface area contributed by atoms with Gasteiger partial charge in [-0.1, -0.05) is 11.6 Å². The van der Waals surface area contributed by atoms with E-state index >= 15 is 0 Å². The Bertz CT molecular complexity index is 1020. The molecular weight excluding hydrogens is 442 g/mol. The van der Waals surface area contributed by atoms with Crippen LogP contribution in [0.4, 0.5) is 11.4 Å². The van der Waals surface area contributed by atoms with Crippen LogP contribution >= 0.6 is 11.6 Å². The average molecular weight is 462 g/mol. The molecule has 1 aliphatic heterocycles. The van der Waals surface area contributed by atoms with Crippen molar-refractivity contribution in [2.24, 2.45) is 0 Å². The van der Waals surface area contributed by atoms with Crippen molar-refractivity contribution >= 4 is 40.7 Å². The second-order valence-corrected chi connectivity index (χ2v) is 7.36. The van der Waals surface area contributed by atoms with Gasteiger partial charge in [-0.15, -0.1) is 0 Å². The zero-order chi connectivity index (χ0) is 23.4. The van der Waals surface area contributed by atoms with Gasteiger partial charge in [0.2, 0.25) is 5.91 Å². The fourth-order valence-electron chi connectivity index (χ4n) is 3.37. The maximum atomic E-state index is 13.3. The molecule has 0 spiro atoms. The Morgan fingerprint density at radius 3 is 2.28 bits per heavy atom. The van der Waals surface area contributed by atoms with Crippen molar-refractivity contribution in [2.45, 2.75) is 18.8 Å². The molecule has 32 heavy (non-hydrogen) atoms. The predicted molar refractivity (Wildman–Crippen MR) is 114 cm³/mol. The number of imide groups is 1. The molecule has 1 unspecified atom stereocenters. The number of anilines is 1. The molecule has 0 aromatic heterocycles. The molecule has 0 bridgehead atoms. The van der Waals surface area contributed by atoms with Crippen molar-refractivity contribution in [2.75, 3.05) is 25.7 Å². The lowest BCUT2D eigenvalue weighted by atomic mass is 10.1. The third kappa shape index (κ3) is 4.77. The second-order valence-electron chi connectivity index (χ2n) is 6.93. The van der Waals surface area contributed by atoms with Gasteiger partial charge in [0.15, 0.2) is 6.29 Å². The highest BCUT2D eigenvalue weighted by Crippen LogP contribution is 2.28. The summed E-state index contributed by atoms with van der Waals surface area (Å²) in [5.74, 6) is -1.66. The molecule has 1 saturated heterocycles. The SMILES string of the molecule is COC(CN(C(=O)c1ccc([N+](=O)[O-])cc1)C1CC(=O)N(c2ccc(Cl)cc2)C1=O)OC. The lowest BCUT2D eigenvalue weighted by molar-refractivity contribution is -0.384. The van der Waals surface area contributed by atoms with Crippen molar-refractivity contribution in [3.63, 3.8) is 0 Å². The van der Waals surface area contributed by atoms with E-state index < -0.39 is 35.0 Å². The van der Waals surface area contributed by atoms with Gasteiger partial charge in [0.1, 0.15) is 6.04 Å². The van der Waals surface area contributed by atoms with E-state index in [1.165, 1.54) is 55.5 Å². The molecule has 10 nitrogen and oxygen atoms in total. The molecular formula is C21H20ClN3O7. The molecule has 0 saturated carbocycles. The summed E-state index contributed by atoms with van der Waals surface area (Å²) in [6.07, 6.45) is -1.09. The molecule has 1 atom stereocenters. The van der Waals surface area contributed by atoms with Gasteiger partial charge < -0.3 is 14.4 Å². The first-order valence-corrected chi connectivity index (χ1v) is 9.88. The zero-order valence-corrected chi connectivity index (χ0v) is 18.0. The molecule has 3 amide bonds. The highest BCUT2D eigenvalue weighted by Gasteiger charge is 2.45. The summed E-state index contributed by atoms with van der Waals surface area (Å²) in [6.45, 7) is -0.138. The summed E-state index contributed by atoms with van der Waals surface area (Å²) >= 11 is 5.89. The smallest absolute Gasteiger partial charge is 0.269 e. The maximum Gasteiger partial charge on any atom is 0.269 e. The number of non-ortho nitro benzene ring substituents is 1. The van der Waals surface area contributed by atoms with Crippen LogP contribution in [0, 0.1) is 10.1 Å². The third-order valence-corrected chi connectivity index (χ3v) is 5.29. The molecule has 0 N–H and O–H groups in total. The Hall–Kier alpha value is -3.34. The van der Waals surface area contributed by atoms with Gasteiger partial charge in [0.25, 0.3) is 17.5 Å². The monoisotopic (exact) mass is 461 g/mol. The number of ether oxygens (including phenoxy) is 2. The fraction of sp³-hybridized carbons (Fsp3) is 0.286. The van der Waals surface area contributed by atoms with Crippen LogP contribution in [0.1, 0.15) is 16.8 Å². The van der Waals surface area contributed by atoms with E-state index in [4.69, 9.17) is 21.1 Å². The normalized spacial score (nSPS) is 16.0. The fourth-order valence-corrected chi connectivity index (χ4v) is 3.50. The number of carbonyl (C=O) groups is 3. The minimum atomic E-state index is -1.10. The summed E-state index contributed by atoms with van der Waals surface area (Å²) < 4.78 is 10.4. The summed E-state index contributed by atoms with van der Waals surface area (Å²) in [4.78, 5) is 51.7. The van der Waals surface area contributed by atoms with E-state index in [9.17, 15) is 24.5 Å². The number of methoxy groups -OCH3 is 2. The number of hydrogen-bond donors (Lipinski definition) is 0. The lowest BCUT2D eigenvalue weighted by Gasteiger charge is -2.30. The van der Waals surface area contributed by atoms with Crippen LogP contribution in [0.2, 0.25) is 5.02 Å². The van der Waals surface area contributed by atoms with Crippen LogP contribution in [0.3, 0.4) is 0 Å². The van der Waals surface area contributed by atoms with E-state index in [0.29, 0.717) is 10.7 Å². The molecule has 0 aliphatic carbocycles. The molecule has 0 radical (unpaired) electrons. The molecule has 3 rings (SSSR count). The molecule has 1 aliphatic rings. The van der Waals surface area contributed by atoms with Crippen LogP contribution in [0.25, 0.3) is 0 Å². The number of amides is 3. The average Bonchev–Trinajstić information content (AvgIpc) is 3.08. The number of hydrogen-bond acceptors (Lipinski definition) is 7. The third-order valence-electron chi connectivity index (χ3n) is 5.04. The van der Waals surface area contributed by atoms with Gasteiger partial charge in [-0.3, -0.25) is 24.5 Å². The van der Waals surface area contributed by atoms with Crippen molar-refractivity contribution in [3.8, 4) is 0 Å². The first-order valence-electron chi connectivity index (χ1n) is 9.50. The lowest BCUT2D eigenvalue weighted by Crippen LogP contribution is -2.49. The van der Waals surface area contributed by atoms with E-state index in [-0.39, 0.29) is 24.2 Å². The number of nitrogens with zero attached hydrogens (tertiary/aromatic N) is 3. The summed E-state index contributed by atoms with van der Waals surface area (Å²) in [7, 11) is 2.76. The van der Waals surface area contributed by atoms with Crippen LogP contribution in [-0.2, 0) is 19.1 Å². The molecule has 1 fully saturated rings. The van der Waals surface area contributed by atoms with Crippen LogP contribution < -0.4 is 4.90 Å². The minimum absolute atomic E-state index is 0.117. The van der Waals surface area contributed by atoms with Crippen molar-refractivity contribution in [1.29, 1.82) is 0 Å². The van der Waals surface area contributed by atoms with Crippen molar-refractivity contribution in [3.05, 3.63) is 69.2 Å². The summed E-state index contributed by atoms with van der Waals surface area (Å²) in [5.41, 5.74) is 0.275. The highest BCUT2D eigenvalue weighted by molar-refractivity contribution is 6.31. The number of carbonyl (C=O) groups excluding carboxylic acids is 3. The second kappa shape index (κ2) is 9.86. The first-order chi connectivity index (χ1) is 15.3. The van der Waals surface area contributed by atoms with E-state index in [1.807, 2.05) is 0 Å². The van der Waals surface area contributed by atoms with Gasteiger partial charge in [-0.05, 0) is 36.4 Å². The van der Waals surface area contributed by atoms with Gasteiger partial charge >= 0.3 is 0 Å². The minimum Gasteiger partial charge on any atom is -0.354 e. The van der Waals surface area contributed by atoms with E-state index in [2.05, 4.69) is 0 Å². The number of halogens is 1. The van der Waals surface area contributed by atoms with E-state index in [0.717, 1.165) is 4.90 Å². The quantitative estimate of drug-likeness (QED) is 0.256. The first kappa shape index (κ1) is 23.3. The maximum absolute atomic E-state index is 13.3. The topological polar surface area (TPSA) is 119 Å². The number of rotatable bonds is 8. The van der Waals surface area contributed by atoms with Crippen molar-refractivity contribution < 1.29 is 28.8 Å². The van der Waals surface area contributed by atoms with Gasteiger partial charge in [0.05, 0.1) is 23.6 Å². The van der Waals surface area contributed by atoms with E-state index in [1.54, 1.807) is 12.1 Å². The Kier molecular flexibility index (Phi) is 7.18. The molecule has 168 valence electrons. The number of nitro benzene ring substituents is 1. The Labute approximate surface area is 188 Å². The largest absolute Gasteiger partial charge is 0.354 e. The van der Waals surface area contributed by atoms with Gasteiger partial charge in [-0.2, -0.15) is 0 Å². The van der Waals surface area contributed by atoms with Crippen LogP contribution in [0.15, 0.2) is 48.5 Å². The summed E-state index contributed by atoms with van der Waals surface area (Å²) in [6, 6.07) is 10.0. The Balaban J connectivity index is 1.93. The molecule has 11 heteroatoms. The zero-order valence-electron chi connectivity index (χ0n) is 17.3. The number of benzene rings is 2. The van der Waals surface area contributed by atoms with Gasteiger partial charge in [0, 0.05) is 36.9 Å². The Morgan fingerprint density at radius 2 is 1.75 bits per heavy atom. The highest BCUT2D eigenvalue weighted by atomic mass is 35.5. The molecule has 1 heterocycles. The predicted octanol–water partition coefficient (Wildman–Crippen LogP) is 2.64. The van der Waals surface area contributed by atoms with Crippen molar-refractivity contribution in [1.82, 2.24) is 4.90 Å². The van der Waals surface area contributed by atoms with Gasteiger partial charge in [-0.25, -0.2) is 4.90 Å². The van der Waals surface area contributed by atoms with Crippen LogP contribution in [0.5, 0.6) is 0 Å². The number of nitro groups is 1. The Morgan fingerprint density at radius 1 is 1.16 bits per heavy atom. The molecule has 2 aromatic rings. The standard InChI is InChI=1S/C21H20ClN3O7/c1-31-19(32-2)12-23(20(27)13-3-7-16(8-4-13)25(29)30)17-11-18(26)24(21(17)28)15-9-5-14(22)6-10-15/h3-10,17,19H,11-12H2,1-2H3. The van der Waals surface area contributed by atoms with Crippen LogP contribution in [-0.4, -0.2) is 60.6 Å². The summed E-state index contributed by atoms with van der Waals surface area (Å²) in [5, 5.41) is 11.3.